The van der Waals surface area contributed by atoms with Gasteiger partial charge in [0.15, 0.2) is 6.04 Å². The molecule has 1 heterocycles. The number of nitrogens with two attached hydrogens (primary N) is 1. The van der Waals surface area contributed by atoms with Gasteiger partial charge in [0.2, 0.25) is 11.8 Å². The number of carbonyl (C=O) groups is 4. The molecular formula is C17H22N4O5. The van der Waals surface area contributed by atoms with Gasteiger partial charge in [0.05, 0.1) is 6.61 Å². The van der Waals surface area contributed by atoms with Crippen molar-refractivity contribution in [3.05, 3.63) is 24.3 Å². The van der Waals surface area contributed by atoms with Gasteiger partial charge in [-0.2, -0.15) is 0 Å². The standard InChI is InChI=1S/C17H22N4O5/c1-10(2)16(24)20-14(15(18)23)17(25)19-11-3-5-12(6-4-11)21-7-8-26-9-13(21)22/h3-6,10,14H,7-9H2,1-2H3,(H2,18,23)(H,19,25)(H,20,24)/t14-/m1/s1. The predicted molar refractivity (Wildman–Crippen MR) is 94.2 cm³/mol. The van der Waals surface area contributed by atoms with Gasteiger partial charge in [-0.25, -0.2) is 0 Å². The van der Waals surface area contributed by atoms with Crippen LogP contribution in [0, 0.1) is 5.92 Å². The van der Waals surface area contributed by atoms with E-state index in [9.17, 15) is 19.2 Å². The van der Waals surface area contributed by atoms with Crippen LogP contribution in [0.2, 0.25) is 0 Å². The van der Waals surface area contributed by atoms with Crippen molar-refractivity contribution in [2.24, 2.45) is 11.7 Å². The Morgan fingerprint density at radius 2 is 1.81 bits per heavy atom. The number of benzene rings is 1. The van der Waals surface area contributed by atoms with Gasteiger partial charge < -0.3 is 26.0 Å². The second kappa shape index (κ2) is 8.43. The summed E-state index contributed by atoms with van der Waals surface area (Å²) in [6, 6.07) is 5.07. The highest BCUT2D eigenvalue weighted by Gasteiger charge is 2.27. The number of nitrogens with zero attached hydrogens (tertiary/aromatic N) is 1. The Morgan fingerprint density at radius 3 is 2.35 bits per heavy atom. The molecule has 1 aliphatic rings. The van der Waals surface area contributed by atoms with Crippen LogP contribution in [0.5, 0.6) is 0 Å². The number of nitrogens with one attached hydrogen (secondary N) is 2. The van der Waals surface area contributed by atoms with Gasteiger partial charge in [-0.1, -0.05) is 13.8 Å². The minimum Gasteiger partial charge on any atom is -0.370 e. The van der Waals surface area contributed by atoms with E-state index in [-0.39, 0.29) is 12.5 Å². The van der Waals surface area contributed by atoms with Gasteiger partial charge in [-0.05, 0) is 24.3 Å². The Kier molecular flexibility index (Phi) is 6.29. The molecule has 0 bridgehead atoms. The van der Waals surface area contributed by atoms with Gasteiger partial charge >= 0.3 is 0 Å². The average molecular weight is 362 g/mol. The Hall–Kier alpha value is -2.94. The summed E-state index contributed by atoms with van der Waals surface area (Å²) in [6.45, 7) is 4.22. The number of carbonyl (C=O) groups excluding carboxylic acids is 4. The van der Waals surface area contributed by atoms with E-state index in [2.05, 4.69) is 10.6 Å². The highest BCUT2D eigenvalue weighted by molar-refractivity contribution is 6.11. The largest absolute Gasteiger partial charge is 0.370 e. The summed E-state index contributed by atoms with van der Waals surface area (Å²) in [5, 5.41) is 4.84. The van der Waals surface area contributed by atoms with Gasteiger partial charge in [0.1, 0.15) is 6.61 Å². The molecule has 0 spiro atoms. The second-order valence-electron chi connectivity index (χ2n) is 6.13. The third kappa shape index (κ3) is 4.79. The first-order valence-electron chi connectivity index (χ1n) is 8.18. The van der Waals surface area contributed by atoms with E-state index in [1.165, 1.54) is 0 Å². The molecule has 2 rings (SSSR count). The molecule has 0 aromatic heterocycles. The Labute approximate surface area is 150 Å². The SMILES string of the molecule is CC(C)C(=O)N[C@H](C(N)=O)C(=O)Nc1ccc(N2CCOCC2=O)cc1. The Balaban J connectivity index is 2.04. The molecule has 26 heavy (non-hydrogen) atoms. The fraction of sp³-hybridized carbons (Fsp3) is 0.412. The molecule has 140 valence electrons. The lowest BCUT2D eigenvalue weighted by Crippen LogP contribution is -2.52. The van der Waals surface area contributed by atoms with Gasteiger partial charge in [0, 0.05) is 23.8 Å². The van der Waals surface area contributed by atoms with Crippen LogP contribution in [-0.4, -0.2) is 49.4 Å². The van der Waals surface area contributed by atoms with Crippen LogP contribution in [0.3, 0.4) is 0 Å². The number of ether oxygens (including phenoxy) is 1. The van der Waals surface area contributed by atoms with Crippen molar-refractivity contribution in [2.45, 2.75) is 19.9 Å². The first-order chi connectivity index (χ1) is 12.3. The third-order valence-corrected chi connectivity index (χ3v) is 3.79. The lowest BCUT2D eigenvalue weighted by Gasteiger charge is -2.27. The monoisotopic (exact) mass is 362 g/mol. The molecular weight excluding hydrogens is 340 g/mol. The van der Waals surface area contributed by atoms with E-state index < -0.39 is 29.7 Å². The summed E-state index contributed by atoms with van der Waals surface area (Å²) in [6.07, 6.45) is 0. The molecule has 9 heteroatoms. The summed E-state index contributed by atoms with van der Waals surface area (Å²) in [5.74, 6) is -2.67. The van der Waals surface area contributed by atoms with Crippen LogP contribution in [-0.2, 0) is 23.9 Å². The number of rotatable bonds is 6. The van der Waals surface area contributed by atoms with Crippen molar-refractivity contribution in [2.75, 3.05) is 30.0 Å². The summed E-state index contributed by atoms with van der Waals surface area (Å²) in [7, 11) is 0. The Bertz CT molecular complexity index is 702. The van der Waals surface area contributed by atoms with Gasteiger partial charge in [0.25, 0.3) is 11.8 Å². The molecule has 1 fully saturated rings. The van der Waals surface area contributed by atoms with Gasteiger partial charge in [-0.15, -0.1) is 0 Å². The van der Waals surface area contributed by atoms with Crippen molar-refractivity contribution < 1.29 is 23.9 Å². The van der Waals surface area contributed by atoms with Crippen LogP contribution in [0.4, 0.5) is 11.4 Å². The summed E-state index contributed by atoms with van der Waals surface area (Å²) < 4.78 is 5.08. The number of primary amides is 1. The maximum absolute atomic E-state index is 12.2. The topological polar surface area (TPSA) is 131 Å². The smallest absolute Gasteiger partial charge is 0.256 e. The van der Waals surface area contributed by atoms with Crippen LogP contribution >= 0.6 is 0 Å². The predicted octanol–water partition coefficient (Wildman–Crippen LogP) is -0.386. The van der Waals surface area contributed by atoms with Crippen LogP contribution in [0.15, 0.2) is 24.3 Å². The highest BCUT2D eigenvalue weighted by Crippen LogP contribution is 2.19. The maximum Gasteiger partial charge on any atom is 0.256 e. The van der Waals surface area contributed by atoms with E-state index in [1.807, 2.05) is 0 Å². The number of amides is 4. The zero-order chi connectivity index (χ0) is 19.3. The maximum atomic E-state index is 12.2. The zero-order valence-corrected chi connectivity index (χ0v) is 14.7. The molecule has 0 saturated carbocycles. The van der Waals surface area contributed by atoms with Crippen molar-refractivity contribution in [1.29, 1.82) is 0 Å². The molecule has 1 aliphatic heterocycles. The number of anilines is 2. The molecule has 1 aromatic rings. The molecule has 0 aliphatic carbocycles. The van der Waals surface area contributed by atoms with Gasteiger partial charge in [-0.3, -0.25) is 19.2 Å². The van der Waals surface area contributed by atoms with Crippen molar-refractivity contribution in [3.8, 4) is 0 Å². The molecule has 1 atom stereocenters. The number of morpholine rings is 1. The minimum absolute atomic E-state index is 0.0360. The number of hydrogen-bond acceptors (Lipinski definition) is 5. The quantitative estimate of drug-likeness (QED) is 0.594. The fourth-order valence-electron chi connectivity index (χ4n) is 2.30. The van der Waals surface area contributed by atoms with Crippen LogP contribution in [0.25, 0.3) is 0 Å². The van der Waals surface area contributed by atoms with E-state index in [0.29, 0.717) is 24.5 Å². The first kappa shape index (κ1) is 19.4. The van der Waals surface area contributed by atoms with Crippen molar-refractivity contribution in [3.63, 3.8) is 0 Å². The fourth-order valence-corrected chi connectivity index (χ4v) is 2.30. The van der Waals surface area contributed by atoms with Crippen LogP contribution < -0.4 is 21.3 Å². The highest BCUT2D eigenvalue weighted by atomic mass is 16.5. The summed E-state index contributed by atoms with van der Waals surface area (Å²) >= 11 is 0. The number of hydrogen-bond donors (Lipinski definition) is 3. The zero-order valence-electron chi connectivity index (χ0n) is 14.7. The third-order valence-electron chi connectivity index (χ3n) is 3.79. The summed E-state index contributed by atoms with van der Waals surface area (Å²) in [5.41, 5.74) is 6.29. The molecule has 9 nitrogen and oxygen atoms in total. The second-order valence-corrected chi connectivity index (χ2v) is 6.13. The van der Waals surface area contributed by atoms with E-state index in [0.717, 1.165) is 0 Å². The molecule has 1 aromatic carbocycles. The van der Waals surface area contributed by atoms with E-state index in [1.54, 1.807) is 43.0 Å². The Morgan fingerprint density at radius 1 is 1.15 bits per heavy atom. The van der Waals surface area contributed by atoms with E-state index in [4.69, 9.17) is 10.5 Å². The average Bonchev–Trinajstić information content (AvgIpc) is 2.60. The lowest BCUT2D eigenvalue weighted by molar-refractivity contribution is -0.134. The minimum atomic E-state index is -1.47. The van der Waals surface area contributed by atoms with Crippen molar-refractivity contribution in [1.82, 2.24) is 5.32 Å². The summed E-state index contributed by atoms with van der Waals surface area (Å²) in [4.78, 5) is 48.8. The first-order valence-corrected chi connectivity index (χ1v) is 8.18. The molecule has 0 unspecified atom stereocenters. The van der Waals surface area contributed by atoms with Crippen LogP contribution in [0.1, 0.15) is 13.8 Å². The molecule has 1 saturated heterocycles. The molecule has 0 radical (unpaired) electrons. The van der Waals surface area contributed by atoms with Crippen molar-refractivity contribution >= 4 is 35.0 Å². The molecule has 4 N–H and O–H groups in total. The van der Waals surface area contributed by atoms with E-state index >= 15 is 0 Å². The molecule has 4 amide bonds. The lowest BCUT2D eigenvalue weighted by atomic mass is 10.1. The normalized spacial score (nSPS) is 15.5.